The lowest BCUT2D eigenvalue weighted by molar-refractivity contribution is -0.389. The van der Waals surface area contributed by atoms with Gasteiger partial charge in [-0.15, -0.1) is 6.58 Å². The van der Waals surface area contributed by atoms with Gasteiger partial charge in [-0.2, -0.15) is 4.68 Å². The molecule has 18 heavy (non-hydrogen) atoms. The van der Waals surface area contributed by atoms with Gasteiger partial charge in [0.2, 0.25) is 5.91 Å². The molecule has 8 heteroatoms. The second-order valence-corrected chi connectivity index (χ2v) is 3.48. The van der Waals surface area contributed by atoms with Gasteiger partial charge in [-0.1, -0.05) is 6.08 Å². The Balaban J connectivity index is 2.66. The van der Waals surface area contributed by atoms with Crippen LogP contribution in [0, 0.1) is 10.1 Å². The Bertz CT molecular complexity index is 443. The highest BCUT2D eigenvalue weighted by Crippen LogP contribution is 2.05. The molecule has 1 aromatic heterocycles. The van der Waals surface area contributed by atoms with Crippen molar-refractivity contribution >= 4 is 11.7 Å². The van der Waals surface area contributed by atoms with Crippen molar-refractivity contribution in [1.29, 1.82) is 0 Å². The monoisotopic (exact) mass is 254 g/mol. The first-order valence-corrected chi connectivity index (χ1v) is 5.26. The molecule has 1 aromatic rings. The third kappa shape index (κ3) is 3.67. The number of carbonyl (C=O) groups is 1. The van der Waals surface area contributed by atoms with Crippen LogP contribution in [0.15, 0.2) is 24.9 Å². The van der Waals surface area contributed by atoms with E-state index in [4.69, 9.17) is 5.11 Å². The maximum atomic E-state index is 11.8. The Morgan fingerprint density at radius 2 is 2.44 bits per heavy atom. The maximum Gasteiger partial charge on any atom is 0.389 e. The minimum absolute atomic E-state index is 0.109. The third-order valence-corrected chi connectivity index (χ3v) is 2.18. The van der Waals surface area contributed by atoms with E-state index >= 15 is 0 Å². The van der Waals surface area contributed by atoms with E-state index < -0.39 is 4.92 Å². The summed E-state index contributed by atoms with van der Waals surface area (Å²) in [6.45, 7) is 3.75. The van der Waals surface area contributed by atoms with Gasteiger partial charge >= 0.3 is 5.82 Å². The number of amides is 1. The zero-order valence-corrected chi connectivity index (χ0v) is 9.73. The predicted molar refractivity (Wildman–Crippen MR) is 62.7 cm³/mol. The van der Waals surface area contributed by atoms with Crippen LogP contribution in [0.3, 0.4) is 0 Å². The molecule has 0 spiro atoms. The number of aliphatic hydroxyl groups is 1. The van der Waals surface area contributed by atoms with Crippen molar-refractivity contribution in [3.05, 3.63) is 35.0 Å². The summed E-state index contributed by atoms with van der Waals surface area (Å²) in [6, 6.07) is 1.22. The van der Waals surface area contributed by atoms with Crippen molar-refractivity contribution < 1.29 is 14.8 Å². The first-order valence-electron chi connectivity index (χ1n) is 5.26. The standard InChI is InChI=1S/C10H14N4O4/c1-2-4-12(6-7-15)10(16)8-13-5-3-9(11-13)14(17)18/h2-3,5,15H,1,4,6-8H2. The van der Waals surface area contributed by atoms with Gasteiger partial charge in [-0.25, -0.2) is 0 Å². The van der Waals surface area contributed by atoms with Crippen molar-refractivity contribution in [2.24, 2.45) is 0 Å². The smallest absolute Gasteiger partial charge is 0.389 e. The van der Waals surface area contributed by atoms with Gasteiger partial charge in [-0.05, 0) is 4.92 Å². The molecule has 1 amide bonds. The number of nitro groups is 1. The van der Waals surface area contributed by atoms with Gasteiger partial charge in [-0.3, -0.25) is 4.79 Å². The van der Waals surface area contributed by atoms with Crippen LogP contribution in [-0.2, 0) is 11.3 Å². The first-order chi connectivity index (χ1) is 8.58. The van der Waals surface area contributed by atoms with E-state index in [1.54, 1.807) is 6.08 Å². The fraction of sp³-hybridized carbons (Fsp3) is 0.400. The highest BCUT2D eigenvalue weighted by Gasteiger charge is 2.17. The van der Waals surface area contributed by atoms with Crippen LogP contribution in [-0.4, -0.2) is 50.3 Å². The molecule has 0 saturated carbocycles. The summed E-state index contributed by atoms with van der Waals surface area (Å²) in [5.41, 5.74) is 0. The summed E-state index contributed by atoms with van der Waals surface area (Å²) in [5, 5.41) is 22.9. The number of rotatable bonds is 7. The quantitative estimate of drug-likeness (QED) is 0.412. The molecule has 0 radical (unpaired) electrons. The van der Waals surface area contributed by atoms with Crippen LogP contribution in [0.1, 0.15) is 0 Å². The Hall–Kier alpha value is -2.22. The van der Waals surface area contributed by atoms with E-state index in [2.05, 4.69) is 11.7 Å². The van der Waals surface area contributed by atoms with E-state index in [-0.39, 0.29) is 31.4 Å². The second-order valence-electron chi connectivity index (χ2n) is 3.48. The lowest BCUT2D eigenvalue weighted by Crippen LogP contribution is -2.36. The van der Waals surface area contributed by atoms with Crippen LogP contribution < -0.4 is 0 Å². The van der Waals surface area contributed by atoms with E-state index in [1.165, 1.54) is 21.8 Å². The zero-order chi connectivity index (χ0) is 13.5. The molecule has 1 rings (SSSR count). The first kappa shape index (κ1) is 13.8. The summed E-state index contributed by atoms with van der Waals surface area (Å²) in [6.07, 6.45) is 2.90. The summed E-state index contributed by atoms with van der Waals surface area (Å²) >= 11 is 0. The number of carbonyl (C=O) groups excluding carboxylic acids is 1. The number of hydrogen-bond acceptors (Lipinski definition) is 5. The zero-order valence-electron chi connectivity index (χ0n) is 9.73. The highest BCUT2D eigenvalue weighted by molar-refractivity contribution is 5.76. The summed E-state index contributed by atoms with van der Waals surface area (Å²) < 4.78 is 1.19. The van der Waals surface area contributed by atoms with Gasteiger partial charge in [0.05, 0.1) is 24.0 Å². The van der Waals surface area contributed by atoms with Crippen molar-refractivity contribution in [2.45, 2.75) is 6.54 Å². The molecule has 8 nitrogen and oxygen atoms in total. The minimum atomic E-state index is -0.629. The van der Waals surface area contributed by atoms with Gasteiger partial charge in [0.15, 0.2) is 0 Å². The van der Waals surface area contributed by atoms with Gasteiger partial charge in [0, 0.05) is 13.1 Å². The van der Waals surface area contributed by atoms with E-state index in [0.29, 0.717) is 6.54 Å². The van der Waals surface area contributed by atoms with Crippen LogP contribution in [0.4, 0.5) is 5.82 Å². The fourth-order valence-corrected chi connectivity index (χ4v) is 1.37. The molecule has 0 fully saturated rings. The second kappa shape index (κ2) is 6.50. The highest BCUT2D eigenvalue weighted by atomic mass is 16.6. The van der Waals surface area contributed by atoms with Crippen LogP contribution in [0.25, 0.3) is 0 Å². The lowest BCUT2D eigenvalue weighted by Gasteiger charge is -2.18. The van der Waals surface area contributed by atoms with E-state index in [1.807, 2.05) is 0 Å². The molecule has 1 N–H and O–H groups in total. The molecule has 0 aliphatic rings. The number of aliphatic hydroxyl groups excluding tert-OH is 1. The average molecular weight is 254 g/mol. The van der Waals surface area contributed by atoms with Crippen LogP contribution >= 0.6 is 0 Å². The van der Waals surface area contributed by atoms with Crippen LogP contribution in [0.5, 0.6) is 0 Å². The largest absolute Gasteiger partial charge is 0.395 e. The third-order valence-electron chi connectivity index (χ3n) is 2.18. The molecule has 98 valence electrons. The molecule has 1 heterocycles. The maximum absolute atomic E-state index is 11.8. The van der Waals surface area contributed by atoms with Gasteiger partial charge in [0.25, 0.3) is 0 Å². The molecule has 0 unspecified atom stereocenters. The minimum Gasteiger partial charge on any atom is -0.395 e. The molecule has 0 atom stereocenters. The number of aromatic nitrogens is 2. The fourth-order valence-electron chi connectivity index (χ4n) is 1.37. The van der Waals surface area contributed by atoms with Crippen LogP contribution in [0.2, 0.25) is 0 Å². The normalized spacial score (nSPS) is 10.1. The summed E-state index contributed by atoms with van der Waals surface area (Å²) in [7, 11) is 0. The lowest BCUT2D eigenvalue weighted by atomic mass is 10.4. The molecular formula is C10H14N4O4. The van der Waals surface area contributed by atoms with Crippen molar-refractivity contribution in [3.63, 3.8) is 0 Å². The predicted octanol–water partition coefficient (Wildman–Crippen LogP) is -0.202. The topological polar surface area (TPSA) is 102 Å². The van der Waals surface area contributed by atoms with Crippen molar-refractivity contribution in [2.75, 3.05) is 19.7 Å². The van der Waals surface area contributed by atoms with Gasteiger partial charge < -0.3 is 20.1 Å². The summed E-state index contributed by atoms with van der Waals surface area (Å²) in [4.78, 5) is 23.0. The molecular weight excluding hydrogens is 240 g/mol. The van der Waals surface area contributed by atoms with Crippen molar-refractivity contribution in [3.8, 4) is 0 Å². The van der Waals surface area contributed by atoms with E-state index in [0.717, 1.165) is 0 Å². The van der Waals surface area contributed by atoms with E-state index in [9.17, 15) is 14.9 Å². The Labute approximate surface area is 103 Å². The number of nitrogens with zero attached hydrogens (tertiary/aromatic N) is 4. The van der Waals surface area contributed by atoms with Gasteiger partial charge in [0.1, 0.15) is 6.54 Å². The molecule has 0 aliphatic heterocycles. The Kier molecular flexibility index (Phi) is 5.00. The average Bonchev–Trinajstić information content (AvgIpc) is 2.77. The summed E-state index contributed by atoms with van der Waals surface area (Å²) in [5.74, 6) is -0.595. The SMILES string of the molecule is C=CCN(CCO)C(=O)Cn1ccc([N+](=O)[O-])n1. The molecule has 0 bridgehead atoms. The molecule has 0 aliphatic carbocycles. The Morgan fingerprint density at radius 1 is 1.72 bits per heavy atom. The number of hydrogen-bond donors (Lipinski definition) is 1. The van der Waals surface area contributed by atoms with Crippen molar-refractivity contribution in [1.82, 2.24) is 14.7 Å². The Morgan fingerprint density at radius 3 is 2.94 bits per heavy atom. The molecule has 0 aromatic carbocycles. The molecule has 0 saturated heterocycles.